The molecule has 2 nitrogen and oxygen atoms in total. The zero-order valence-electron chi connectivity index (χ0n) is 7.10. The predicted octanol–water partition coefficient (Wildman–Crippen LogP) is 0.997. The van der Waals surface area contributed by atoms with Gasteiger partial charge in [0.05, 0.1) is 0 Å². The van der Waals surface area contributed by atoms with Gasteiger partial charge < -0.3 is 0 Å². The lowest BCUT2D eigenvalue weighted by atomic mass is 9.88. The third-order valence-corrected chi connectivity index (χ3v) is 1.33. The number of allylic oxidation sites excluding steroid dienone is 2. The number of rotatable bonds is 3. The van der Waals surface area contributed by atoms with Crippen LogP contribution in [0.5, 0.6) is 0 Å². The number of hydrogen-bond acceptors (Lipinski definition) is 2. The molecule has 0 saturated heterocycles. The molecule has 0 aliphatic carbocycles. The van der Waals surface area contributed by atoms with Crippen molar-refractivity contribution in [1.82, 2.24) is 0 Å². The quantitative estimate of drug-likeness (QED) is 0.444. The number of hydrogen-bond donors (Lipinski definition) is 0. The maximum absolute atomic E-state index is 10.8. The van der Waals surface area contributed by atoms with Gasteiger partial charge in [-0.3, -0.25) is 9.59 Å². The summed E-state index contributed by atoms with van der Waals surface area (Å²) in [7, 11) is 5.39. The van der Waals surface area contributed by atoms with Crippen LogP contribution in [0.4, 0.5) is 0 Å². The van der Waals surface area contributed by atoms with Crippen molar-refractivity contribution >= 4 is 19.4 Å². The molecule has 0 aromatic rings. The zero-order chi connectivity index (χ0) is 9.02. The van der Waals surface area contributed by atoms with Crippen molar-refractivity contribution in [1.29, 1.82) is 0 Å². The molecule has 0 amide bonds. The summed E-state index contributed by atoms with van der Waals surface area (Å²) in [6, 6.07) is 0. The molecule has 0 saturated carbocycles. The summed E-state index contributed by atoms with van der Waals surface area (Å²) in [4.78, 5) is 21.5. The fourth-order valence-corrected chi connectivity index (χ4v) is 0.791. The second kappa shape index (κ2) is 4.11. The van der Waals surface area contributed by atoms with Crippen LogP contribution in [0.2, 0.25) is 0 Å². The average Bonchev–Trinajstić information content (AvgIpc) is 1.81. The van der Waals surface area contributed by atoms with Gasteiger partial charge >= 0.3 is 0 Å². The van der Waals surface area contributed by atoms with E-state index in [0.29, 0.717) is 11.0 Å². The molecule has 0 aliphatic rings. The van der Waals surface area contributed by atoms with Crippen LogP contribution in [-0.4, -0.2) is 19.4 Å². The fourth-order valence-electron chi connectivity index (χ4n) is 0.791. The van der Waals surface area contributed by atoms with Crippen molar-refractivity contribution in [3.63, 3.8) is 0 Å². The first kappa shape index (κ1) is 10.1. The molecule has 58 valence electrons. The maximum Gasteiger partial charge on any atom is 0.155 e. The van der Waals surface area contributed by atoms with E-state index in [-0.39, 0.29) is 18.0 Å². The summed E-state index contributed by atoms with van der Waals surface area (Å²) in [6.45, 7) is 4.47. The highest BCUT2D eigenvalue weighted by atomic mass is 16.1. The molecule has 0 rings (SSSR count). The summed E-state index contributed by atoms with van der Waals surface area (Å²) in [5, 5.41) is 0. The molecule has 0 aliphatic heterocycles. The van der Waals surface area contributed by atoms with Crippen molar-refractivity contribution in [2.24, 2.45) is 0 Å². The van der Waals surface area contributed by atoms with Gasteiger partial charge in [-0.1, -0.05) is 6.92 Å². The first-order valence-corrected chi connectivity index (χ1v) is 3.40. The fraction of sp³-hybridized carbons (Fsp3) is 0.500. The van der Waals surface area contributed by atoms with Crippen molar-refractivity contribution in [3.05, 3.63) is 11.0 Å². The molecule has 0 spiro atoms. The van der Waals surface area contributed by atoms with Crippen molar-refractivity contribution in [3.8, 4) is 0 Å². The van der Waals surface area contributed by atoms with Crippen LogP contribution in [0, 0.1) is 0 Å². The summed E-state index contributed by atoms with van der Waals surface area (Å²) in [5.41, 5.74) is 0.866. The molecule has 0 aromatic carbocycles. The van der Waals surface area contributed by atoms with E-state index in [9.17, 15) is 9.59 Å². The van der Waals surface area contributed by atoms with Crippen molar-refractivity contribution < 1.29 is 9.59 Å². The Morgan fingerprint density at radius 2 is 1.64 bits per heavy atom. The minimum atomic E-state index is -0.125. The molecule has 3 heteroatoms. The van der Waals surface area contributed by atoms with Crippen molar-refractivity contribution in [2.45, 2.75) is 27.2 Å². The van der Waals surface area contributed by atoms with E-state index in [1.54, 1.807) is 6.92 Å². The van der Waals surface area contributed by atoms with E-state index in [1.807, 2.05) is 0 Å². The van der Waals surface area contributed by atoms with Gasteiger partial charge in [0.15, 0.2) is 5.78 Å². The van der Waals surface area contributed by atoms with Gasteiger partial charge in [0, 0.05) is 6.42 Å². The molecule has 0 aromatic heterocycles. The highest BCUT2D eigenvalue weighted by Crippen LogP contribution is 2.07. The van der Waals surface area contributed by atoms with Gasteiger partial charge in [-0.15, -0.1) is 5.47 Å². The number of carbonyl (C=O) groups excluding carboxylic acids is 2. The first-order valence-electron chi connectivity index (χ1n) is 3.40. The van der Waals surface area contributed by atoms with E-state index >= 15 is 0 Å². The third-order valence-electron chi connectivity index (χ3n) is 1.33. The summed E-state index contributed by atoms with van der Waals surface area (Å²) in [5.74, 6) is -0.166. The first-order chi connectivity index (χ1) is 4.95. The number of carbonyl (C=O) groups is 2. The van der Waals surface area contributed by atoms with Gasteiger partial charge in [0.1, 0.15) is 13.6 Å². The van der Waals surface area contributed by atoms with Crippen LogP contribution < -0.4 is 0 Å². The minimum Gasteiger partial charge on any atom is -0.300 e. The Kier molecular flexibility index (Phi) is 3.79. The van der Waals surface area contributed by atoms with Gasteiger partial charge in [0.2, 0.25) is 0 Å². The molecule has 0 heterocycles. The molecule has 0 N–H and O–H groups in total. The van der Waals surface area contributed by atoms with Gasteiger partial charge in [-0.25, -0.2) is 0 Å². The molecule has 11 heavy (non-hydrogen) atoms. The molecule has 0 fully saturated rings. The standard InChI is InChI=1S/C8H11BO2/c1-5(10)4-8(6(2)9)7(3)11/h4H2,1-3H3/b8-6+. The highest BCUT2D eigenvalue weighted by Gasteiger charge is 2.07. The monoisotopic (exact) mass is 150 g/mol. The van der Waals surface area contributed by atoms with Crippen LogP contribution in [0.3, 0.4) is 0 Å². The van der Waals surface area contributed by atoms with Crippen molar-refractivity contribution in [2.75, 3.05) is 0 Å². The minimum absolute atomic E-state index is 0.0417. The molecule has 0 atom stereocenters. The lowest BCUT2D eigenvalue weighted by Crippen LogP contribution is -2.04. The van der Waals surface area contributed by atoms with Crippen LogP contribution in [0.25, 0.3) is 0 Å². The van der Waals surface area contributed by atoms with Crippen LogP contribution in [0.1, 0.15) is 27.2 Å². The SMILES string of the molecule is [B]/C(C)=C(\CC(C)=O)C(C)=O. The smallest absolute Gasteiger partial charge is 0.155 e. The van der Waals surface area contributed by atoms with Crippen LogP contribution in [-0.2, 0) is 9.59 Å². The highest BCUT2D eigenvalue weighted by molar-refractivity contribution is 6.24. The van der Waals surface area contributed by atoms with Gasteiger partial charge in [0.25, 0.3) is 0 Å². The lowest BCUT2D eigenvalue weighted by molar-refractivity contribution is -0.119. The Labute approximate surface area is 68.1 Å². The molecule has 2 radical (unpaired) electrons. The van der Waals surface area contributed by atoms with Gasteiger partial charge in [-0.2, -0.15) is 0 Å². The largest absolute Gasteiger partial charge is 0.300 e. The van der Waals surface area contributed by atoms with Crippen LogP contribution >= 0.6 is 0 Å². The summed E-state index contributed by atoms with van der Waals surface area (Å²) >= 11 is 0. The molecule has 0 unspecified atom stereocenters. The van der Waals surface area contributed by atoms with Gasteiger partial charge in [-0.05, 0) is 19.4 Å². The Balaban J connectivity index is 4.52. The number of ketones is 2. The predicted molar refractivity (Wildman–Crippen MR) is 44.4 cm³/mol. The van der Waals surface area contributed by atoms with E-state index in [0.717, 1.165) is 0 Å². The van der Waals surface area contributed by atoms with E-state index in [4.69, 9.17) is 7.85 Å². The van der Waals surface area contributed by atoms with E-state index in [2.05, 4.69) is 0 Å². The van der Waals surface area contributed by atoms with E-state index < -0.39 is 0 Å². The zero-order valence-corrected chi connectivity index (χ0v) is 7.10. The molecular weight excluding hydrogens is 139 g/mol. The lowest BCUT2D eigenvalue weighted by Gasteiger charge is -2.02. The Bertz CT molecular complexity index is 212. The maximum atomic E-state index is 10.8. The average molecular weight is 150 g/mol. The van der Waals surface area contributed by atoms with E-state index in [1.165, 1.54) is 13.8 Å². The molecular formula is C8H11BO2. The summed E-state index contributed by atoms with van der Waals surface area (Å²) < 4.78 is 0. The number of Topliss-reactive ketones (excluding diaryl/α,β-unsaturated/α-hetero) is 2. The summed E-state index contributed by atoms with van der Waals surface area (Å²) in [6.07, 6.45) is 0.150. The van der Waals surface area contributed by atoms with Crippen LogP contribution in [0.15, 0.2) is 11.0 Å². The second-order valence-electron chi connectivity index (χ2n) is 2.60. The topological polar surface area (TPSA) is 34.1 Å². The third kappa shape index (κ3) is 3.76. The Morgan fingerprint density at radius 3 is 1.73 bits per heavy atom. The molecule has 0 bridgehead atoms. The second-order valence-corrected chi connectivity index (χ2v) is 2.60. The Morgan fingerprint density at radius 1 is 1.18 bits per heavy atom. The normalized spacial score (nSPS) is 12.3. The Hall–Kier alpha value is -0.855.